The fourth-order valence-electron chi connectivity index (χ4n) is 1.60. The summed E-state index contributed by atoms with van der Waals surface area (Å²) in [4.78, 5) is 10.8. The van der Waals surface area contributed by atoms with Crippen LogP contribution in [0.1, 0.15) is 13.3 Å². The molecular formula is C14H13BrO2. The van der Waals surface area contributed by atoms with Crippen LogP contribution in [0.2, 0.25) is 0 Å². The number of hydrogen-bond acceptors (Lipinski definition) is 2. The van der Waals surface area contributed by atoms with Crippen LogP contribution in [0, 0.1) is 0 Å². The first kappa shape index (κ1) is 12.1. The average Bonchev–Trinajstić information content (AvgIpc) is 2.29. The van der Waals surface area contributed by atoms with Crippen molar-refractivity contribution in [2.45, 2.75) is 13.3 Å². The molecule has 0 atom stereocenters. The van der Waals surface area contributed by atoms with Crippen LogP contribution in [0.4, 0.5) is 0 Å². The van der Waals surface area contributed by atoms with Crippen molar-refractivity contribution >= 4 is 32.5 Å². The first-order chi connectivity index (χ1) is 8.15. The standard InChI is InChI=1S/C14H13BrO2/c1-10(16)6-7-17-14-5-3-11-8-13(15)4-2-12(11)9-14/h2-5,8-9H,6-7H2,1H3. The highest BCUT2D eigenvalue weighted by Crippen LogP contribution is 2.24. The van der Waals surface area contributed by atoms with E-state index in [0.717, 1.165) is 15.6 Å². The summed E-state index contributed by atoms with van der Waals surface area (Å²) in [5.74, 6) is 0.954. The highest BCUT2D eigenvalue weighted by atomic mass is 79.9. The van der Waals surface area contributed by atoms with Crippen molar-refractivity contribution in [2.75, 3.05) is 6.61 Å². The molecule has 0 heterocycles. The predicted molar refractivity (Wildman–Crippen MR) is 72.4 cm³/mol. The lowest BCUT2D eigenvalue weighted by atomic mass is 10.1. The van der Waals surface area contributed by atoms with Gasteiger partial charge in [0.1, 0.15) is 11.5 Å². The highest BCUT2D eigenvalue weighted by molar-refractivity contribution is 9.10. The second-order valence-electron chi connectivity index (χ2n) is 3.95. The first-order valence-electron chi connectivity index (χ1n) is 5.47. The van der Waals surface area contributed by atoms with Crippen molar-refractivity contribution in [3.8, 4) is 5.75 Å². The number of ketones is 1. The third-order valence-corrected chi connectivity index (χ3v) is 2.99. The van der Waals surface area contributed by atoms with Crippen molar-refractivity contribution in [3.05, 3.63) is 40.9 Å². The summed E-state index contributed by atoms with van der Waals surface area (Å²) in [6.07, 6.45) is 0.457. The summed E-state index contributed by atoms with van der Waals surface area (Å²) < 4.78 is 6.59. The van der Waals surface area contributed by atoms with Crippen LogP contribution in [0.15, 0.2) is 40.9 Å². The largest absolute Gasteiger partial charge is 0.493 e. The maximum Gasteiger partial charge on any atom is 0.133 e. The van der Waals surface area contributed by atoms with Gasteiger partial charge in [0.05, 0.1) is 6.61 Å². The minimum Gasteiger partial charge on any atom is -0.493 e. The molecule has 17 heavy (non-hydrogen) atoms. The molecule has 0 fully saturated rings. The number of carbonyl (C=O) groups excluding carboxylic acids is 1. The summed E-state index contributed by atoms with van der Waals surface area (Å²) in [6, 6.07) is 12.0. The summed E-state index contributed by atoms with van der Waals surface area (Å²) in [7, 11) is 0. The Morgan fingerprint density at radius 3 is 2.65 bits per heavy atom. The number of fused-ring (bicyclic) bond motifs is 1. The molecule has 0 unspecified atom stereocenters. The van der Waals surface area contributed by atoms with E-state index < -0.39 is 0 Å². The van der Waals surface area contributed by atoms with Crippen LogP contribution >= 0.6 is 15.9 Å². The van der Waals surface area contributed by atoms with Gasteiger partial charge in [-0.05, 0) is 42.0 Å². The fraction of sp³-hybridized carbons (Fsp3) is 0.214. The maximum absolute atomic E-state index is 10.8. The molecule has 0 bridgehead atoms. The second kappa shape index (κ2) is 5.32. The van der Waals surface area contributed by atoms with Gasteiger partial charge in [-0.3, -0.25) is 4.79 Å². The van der Waals surface area contributed by atoms with E-state index in [4.69, 9.17) is 4.74 Å². The Balaban J connectivity index is 2.14. The van der Waals surface area contributed by atoms with Crippen LogP contribution < -0.4 is 4.74 Å². The molecule has 0 aliphatic rings. The van der Waals surface area contributed by atoms with Crippen molar-refractivity contribution in [1.82, 2.24) is 0 Å². The van der Waals surface area contributed by atoms with Gasteiger partial charge in [0.25, 0.3) is 0 Å². The van der Waals surface area contributed by atoms with Gasteiger partial charge in [-0.2, -0.15) is 0 Å². The van der Waals surface area contributed by atoms with Gasteiger partial charge in [-0.25, -0.2) is 0 Å². The van der Waals surface area contributed by atoms with Gasteiger partial charge in [0.15, 0.2) is 0 Å². The van der Waals surface area contributed by atoms with Gasteiger partial charge in [-0.1, -0.05) is 28.1 Å². The van der Waals surface area contributed by atoms with Gasteiger partial charge in [0.2, 0.25) is 0 Å². The van der Waals surface area contributed by atoms with Crippen LogP contribution in [-0.4, -0.2) is 12.4 Å². The van der Waals surface area contributed by atoms with E-state index in [1.165, 1.54) is 5.39 Å². The Labute approximate surface area is 109 Å². The van der Waals surface area contributed by atoms with E-state index in [9.17, 15) is 4.79 Å². The molecule has 2 aromatic carbocycles. The fourth-order valence-corrected chi connectivity index (χ4v) is 1.98. The van der Waals surface area contributed by atoms with Crippen LogP contribution in [0.3, 0.4) is 0 Å². The zero-order chi connectivity index (χ0) is 12.3. The Morgan fingerprint density at radius 2 is 1.88 bits per heavy atom. The summed E-state index contributed by atoms with van der Waals surface area (Å²) >= 11 is 3.44. The summed E-state index contributed by atoms with van der Waals surface area (Å²) in [5, 5.41) is 2.30. The molecule has 2 nitrogen and oxygen atoms in total. The van der Waals surface area contributed by atoms with E-state index in [-0.39, 0.29) is 5.78 Å². The van der Waals surface area contributed by atoms with Gasteiger partial charge >= 0.3 is 0 Å². The smallest absolute Gasteiger partial charge is 0.133 e. The molecule has 88 valence electrons. The average molecular weight is 293 g/mol. The van der Waals surface area contributed by atoms with Gasteiger partial charge in [0, 0.05) is 10.9 Å². The number of rotatable bonds is 4. The maximum atomic E-state index is 10.8. The molecule has 0 saturated carbocycles. The summed E-state index contributed by atoms with van der Waals surface area (Å²) in [6.45, 7) is 2.01. The zero-order valence-electron chi connectivity index (χ0n) is 9.57. The van der Waals surface area contributed by atoms with E-state index in [0.29, 0.717) is 13.0 Å². The Bertz CT molecular complexity index is 549. The third-order valence-electron chi connectivity index (χ3n) is 2.50. The molecule has 0 spiro atoms. The molecule has 2 rings (SSSR count). The minimum atomic E-state index is 0.148. The van der Waals surface area contributed by atoms with Gasteiger partial charge < -0.3 is 4.74 Å². The SMILES string of the molecule is CC(=O)CCOc1ccc2cc(Br)ccc2c1. The number of Topliss-reactive ketones (excluding diaryl/α,β-unsaturated/α-hetero) is 1. The quantitative estimate of drug-likeness (QED) is 0.853. The van der Waals surface area contributed by atoms with E-state index in [1.807, 2.05) is 30.3 Å². The van der Waals surface area contributed by atoms with Gasteiger partial charge in [-0.15, -0.1) is 0 Å². The third kappa shape index (κ3) is 3.30. The predicted octanol–water partition coefficient (Wildman–Crippen LogP) is 3.96. The van der Waals surface area contributed by atoms with E-state index in [2.05, 4.69) is 22.0 Å². The molecule has 0 radical (unpaired) electrons. The monoisotopic (exact) mass is 292 g/mol. The molecule has 0 N–H and O–H groups in total. The number of hydrogen-bond donors (Lipinski definition) is 0. The molecule has 0 aromatic heterocycles. The second-order valence-corrected chi connectivity index (χ2v) is 4.87. The number of halogens is 1. The lowest BCUT2D eigenvalue weighted by Gasteiger charge is -2.06. The Morgan fingerprint density at radius 1 is 1.18 bits per heavy atom. The lowest BCUT2D eigenvalue weighted by Crippen LogP contribution is -2.02. The van der Waals surface area contributed by atoms with Crippen molar-refractivity contribution in [1.29, 1.82) is 0 Å². The summed E-state index contributed by atoms with van der Waals surface area (Å²) in [5.41, 5.74) is 0. The topological polar surface area (TPSA) is 26.3 Å². The zero-order valence-corrected chi connectivity index (χ0v) is 11.2. The van der Waals surface area contributed by atoms with Crippen molar-refractivity contribution in [3.63, 3.8) is 0 Å². The highest BCUT2D eigenvalue weighted by Gasteiger charge is 1.99. The van der Waals surface area contributed by atoms with E-state index in [1.54, 1.807) is 6.92 Å². The Kier molecular flexibility index (Phi) is 3.79. The van der Waals surface area contributed by atoms with Crippen LogP contribution in [0.5, 0.6) is 5.75 Å². The van der Waals surface area contributed by atoms with Crippen LogP contribution in [0.25, 0.3) is 10.8 Å². The number of ether oxygens (including phenoxy) is 1. The Hall–Kier alpha value is -1.35. The molecule has 0 aliphatic carbocycles. The van der Waals surface area contributed by atoms with Crippen molar-refractivity contribution in [2.24, 2.45) is 0 Å². The molecule has 0 amide bonds. The lowest BCUT2D eigenvalue weighted by molar-refractivity contribution is -0.117. The van der Waals surface area contributed by atoms with E-state index >= 15 is 0 Å². The number of benzene rings is 2. The normalized spacial score (nSPS) is 10.5. The molecule has 3 heteroatoms. The molecule has 0 saturated heterocycles. The van der Waals surface area contributed by atoms with Crippen molar-refractivity contribution < 1.29 is 9.53 Å². The first-order valence-corrected chi connectivity index (χ1v) is 6.26. The molecule has 0 aliphatic heterocycles. The molecular weight excluding hydrogens is 280 g/mol. The minimum absolute atomic E-state index is 0.148. The molecule has 2 aromatic rings. The van der Waals surface area contributed by atoms with Crippen LogP contribution in [-0.2, 0) is 4.79 Å². The number of carbonyl (C=O) groups is 1.